The number of carbonyl (C=O) groups is 1. The van der Waals surface area contributed by atoms with E-state index in [2.05, 4.69) is 16.7 Å². The highest BCUT2D eigenvalue weighted by atomic mass is 16.1. The van der Waals surface area contributed by atoms with Gasteiger partial charge in [0.25, 0.3) is 5.91 Å². The van der Waals surface area contributed by atoms with Gasteiger partial charge in [-0.05, 0) is 38.4 Å². The molecule has 1 unspecified atom stereocenters. The monoisotopic (exact) mass is 245 g/mol. The molecule has 96 valence electrons. The van der Waals surface area contributed by atoms with Crippen LogP contribution in [-0.4, -0.2) is 25.5 Å². The van der Waals surface area contributed by atoms with Gasteiger partial charge in [0.1, 0.15) is 0 Å². The van der Waals surface area contributed by atoms with Gasteiger partial charge in [0, 0.05) is 12.1 Å². The molecule has 0 radical (unpaired) electrons. The molecule has 0 saturated heterocycles. The first kappa shape index (κ1) is 14.2. The Kier molecular flexibility index (Phi) is 6.52. The molecule has 2 N–H and O–H groups in total. The van der Waals surface area contributed by atoms with Gasteiger partial charge in [-0.1, -0.05) is 18.2 Å². The molecule has 0 aliphatic heterocycles. The van der Waals surface area contributed by atoms with Crippen LogP contribution in [0.25, 0.3) is 0 Å². The van der Waals surface area contributed by atoms with Crippen LogP contribution in [0.2, 0.25) is 0 Å². The second-order valence-electron chi connectivity index (χ2n) is 4.09. The minimum absolute atomic E-state index is 0.0407. The molecular weight excluding hydrogens is 226 g/mol. The third-order valence-electron chi connectivity index (χ3n) is 2.75. The first-order valence-corrected chi connectivity index (χ1v) is 6.18. The van der Waals surface area contributed by atoms with Crippen molar-refractivity contribution in [3.8, 4) is 6.07 Å². The maximum absolute atomic E-state index is 11.7. The standard InChI is InChI=1S/C14H19N3O/c1-16-13(11-15)9-5-6-10-17-14(18)12-7-3-2-4-8-12/h2-4,7-8,13,16H,5-6,9-10H2,1H3,(H,17,18). The largest absolute Gasteiger partial charge is 0.352 e. The Morgan fingerprint density at radius 2 is 2.06 bits per heavy atom. The molecule has 1 amide bonds. The Bertz CT molecular complexity index is 397. The number of rotatable bonds is 7. The van der Waals surface area contributed by atoms with Crippen molar-refractivity contribution in [3.63, 3.8) is 0 Å². The Labute approximate surface area is 108 Å². The van der Waals surface area contributed by atoms with Crippen LogP contribution < -0.4 is 10.6 Å². The van der Waals surface area contributed by atoms with E-state index < -0.39 is 0 Å². The summed E-state index contributed by atoms with van der Waals surface area (Å²) >= 11 is 0. The topological polar surface area (TPSA) is 64.9 Å². The first-order valence-electron chi connectivity index (χ1n) is 6.18. The fourth-order valence-corrected chi connectivity index (χ4v) is 1.64. The summed E-state index contributed by atoms with van der Waals surface area (Å²) in [6, 6.07) is 11.3. The average Bonchev–Trinajstić information content (AvgIpc) is 2.43. The molecule has 4 nitrogen and oxygen atoms in total. The number of amides is 1. The van der Waals surface area contributed by atoms with Gasteiger partial charge in [-0.25, -0.2) is 0 Å². The van der Waals surface area contributed by atoms with Crippen molar-refractivity contribution >= 4 is 5.91 Å². The molecule has 0 aliphatic rings. The number of nitrogens with zero attached hydrogens (tertiary/aromatic N) is 1. The van der Waals surface area contributed by atoms with E-state index in [1.807, 2.05) is 18.2 Å². The molecule has 0 aromatic heterocycles. The summed E-state index contributed by atoms with van der Waals surface area (Å²) in [5, 5.41) is 14.5. The lowest BCUT2D eigenvalue weighted by molar-refractivity contribution is 0.0953. The van der Waals surface area contributed by atoms with E-state index in [0.717, 1.165) is 19.3 Å². The summed E-state index contributed by atoms with van der Waals surface area (Å²) in [6.45, 7) is 0.648. The van der Waals surface area contributed by atoms with Crippen molar-refractivity contribution in [1.29, 1.82) is 5.26 Å². The molecule has 1 atom stereocenters. The number of benzene rings is 1. The van der Waals surface area contributed by atoms with Gasteiger partial charge in [0.2, 0.25) is 0 Å². The van der Waals surface area contributed by atoms with Gasteiger partial charge < -0.3 is 10.6 Å². The predicted molar refractivity (Wildman–Crippen MR) is 71.1 cm³/mol. The highest BCUT2D eigenvalue weighted by molar-refractivity contribution is 5.94. The predicted octanol–water partition coefficient (Wildman–Crippen LogP) is 1.70. The summed E-state index contributed by atoms with van der Waals surface area (Å²) < 4.78 is 0. The lowest BCUT2D eigenvalue weighted by atomic mass is 10.1. The SMILES string of the molecule is CNC(C#N)CCCCNC(=O)c1ccccc1. The second kappa shape index (κ2) is 8.26. The minimum Gasteiger partial charge on any atom is -0.352 e. The highest BCUT2D eigenvalue weighted by Gasteiger charge is 2.04. The van der Waals surface area contributed by atoms with Crippen molar-refractivity contribution in [2.24, 2.45) is 0 Å². The normalized spacial score (nSPS) is 11.6. The molecule has 1 aromatic carbocycles. The number of unbranched alkanes of at least 4 members (excludes halogenated alkanes) is 1. The van der Waals surface area contributed by atoms with Crippen LogP contribution in [0.1, 0.15) is 29.6 Å². The van der Waals surface area contributed by atoms with Crippen molar-refractivity contribution in [3.05, 3.63) is 35.9 Å². The van der Waals surface area contributed by atoms with Crippen molar-refractivity contribution < 1.29 is 4.79 Å². The third-order valence-corrected chi connectivity index (χ3v) is 2.75. The van der Waals surface area contributed by atoms with Gasteiger partial charge in [-0.2, -0.15) is 5.26 Å². The van der Waals surface area contributed by atoms with E-state index in [1.54, 1.807) is 19.2 Å². The number of carbonyl (C=O) groups excluding carboxylic acids is 1. The molecule has 0 saturated carbocycles. The zero-order valence-electron chi connectivity index (χ0n) is 10.6. The van der Waals surface area contributed by atoms with E-state index in [-0.39, 0.29) is 11.9 Å². The Hall–Kier alpha value is -1.86. The van der Waals surface area contributed by atoms with Crippen LogP contribution >= 0.6 is 0 Å². The molecule has 18 heavy (non-hydrogen) atoms. The fraction of sp³-hybridized carbons (Fsp3) is 0.429. The summed E-state index contributed by atoms with van der Waals surface area (Å²) in [7, 11) is 1.78. The Balaban J connectivity index is 2.16. The molecule has 1 aromatic rings. The number of nitriles is 1. The average molecular weight is 245 g/mol. The fourth-order valence-electron chi connectivity index (χ4n) is 1.64. The lowest BCUT2D eigenvalue weighted by Gasteiger charge is -2.08. The van der Waals surface area contributed by atoms with Gasteiger partial charge >= 0.3 is 0 Å². The summed E-state index contributed by atoms with van der Waals surface area (Å²) in [5.74, 6) is -0.0407. The Morgan fingerprint density at radius 3 is 2.67 bits per heavy atom. The van der Waals surface area contributed by atoms with E-state index in [4.69, 9.17) is 5.26 Å². The zero-order chi connectivity index (χ0) is 13.2. The van der Waals surface area contributed by atoms with Crippen molar-refractivity contribution in [2.45, 2.75) is 25.3 Å². The number of hydrogen-bond donors (Lipinski definition) is 2. The van der Waals surface area contributed by atoms with Crippen LogP contribution in [0, 0.1) is 11.3 Å². The smallest absolute Gasteiger partial charge is 0.251 e. The van der Waals surface area contributed by atoms with E-state index in [0.29, 0.717) is 12.1 Å². The van der Waals surface area contributed by atoms with Crippen molar-refractivity contribution in [2.75, 3.05) is 13.6 Å². The van der Waals surface area contributed by atoms with Crippen LogP contribution in [-0.2, 0) is 0 Å². The van der Waals surface area contributed by atoms with Gasteiger partial charge in [-0.3, -0.25) is 4.79 Å². The van der Waals surface area contributed by atoms with Gasteiger partial charge in [-0.15, -0.1) is 0 Å². The van der Waals surface area contributed by atoms with E-state index >= 15 is 0 Å². The van der Waals surface area contributed by atoms with Crippen LogP contribution in [0.15, 0.2) is 30.3 Å². The van der Waals surface area contributed by atoms with Crippen LogP contribution in [0.5, 0.6) is 0 Å². The maximum Gasteiger partial charge on any atom is 0.251 e. The molecule has 0 spiro atoms. The first-order chi connectivity index (χ1) is 8.77. The minimum atomic E-state index is -0.0881. The summed E-state index contributed by atoms with van der Waals surface area (Å²) in [6.07, 6.45) is 2.63. The van der Waals surface area contributed by atoms with Gasteiger partial charge in [0.15, 0.2) is 0 Å². The quantitative estimate of drug-likeness (QED) is 0.719. The summed E-state index contributed by atoms with van der Waals surface area (Å²) in [4.78, 5) is 11.7. The number of hydrogen-bond acceptors (Lipinski definition) is 3. The van der Waals surface area contributed by atoms with Gasteiger partial charge in [0.05, 0.1) is 12.1 Å². The molecule has 0 heterocycles. The molecule has 0 bridgehead atoms. The van der Waals surface area contributed by atoms with E-state index in [1.165, 1.54) is 0 Å². The number of nitrogens with one attached hydrogen (secondary N) is 2. The van der Waals surface area contributed by atoms with Crippen LogP contribution in [0.4, 0.5) is 0 Å². The Morgan fingerprint density at radius 1 is 1.33 bits per heavy atom. The van der Waals surface area contributed by atoms with Crippen molar-refractivity contribution in [1.82, 2.24) is 10.6 Å². The zero-order valence-corrected chi connectivity index (χ0v) is 10.6. The summed E-state index contributed by atoms with van der Waals surface area (Å²) in [5.41, 5.74) is 0.683. The van der Waals surface area contributed by atoms with Crippen LogP contribution in [0.3, 0.4) is 0 Å². The van der Waals surface area contributed by atoms with E-state index in [9.17, 15) is 4.79 Å². The molecule has 0 aliphatic carbocycles. The maximum atomic E-state index is 11.7. The lowest BCUT2D eigenvalue weighted by Crippen LogP contribution is -2.26. The molecule has 0 fully saturated rings. The molecular formula is C14H19N3O. The molecule has 1 rings (SSSR count). The second-order valence-corrected chi connectivity index (χ2v) is 4.09. The highest BCUT2D eigenvalue weighted by Crippen LogP contribution is 2.01. The third kappa shape index (κ3) is 4.98. The molecule has 4 heteroatoms.